The third-order valence-electron chi connectivity index (χ3n) is 2.47. The van der Waals surface area contributed by atoms with E-state index in [1.807, 2.05) is 0 Å². The molecule has 0 saturated heterocycles. The van der Waals surface area contributed by atoms with Crippen LogP contribution in [0.15, 0.2) is 23.4 Å². The number of hydrogen-bond donors (Lipinski definition) is 1. The summed E-state index contributed by atoms with van der Waals surface area (Å²) in [6, 6.07) is 0.553. The molecule has 2 nitrogen and oxygen atoms in total. The van der Waals surface area contributed by atoms with E-state index in [1.165, 1.54) is 11.3 Å². The minimum atomic E-state index is 0.553. The molecule has 0 aromatic rings. The Hall–Kier alpha value is -0.241. The molecule has 0 aromatic heterocycles. The third kappa shape index (κ3) is 3.16. The first kappa shape index (κ1) is 11.8. The first-order valence-electron chi connectivity index (χ1n) is 4.92. The normalized spacial score (nSPS) is 24.4. The maximum atomic E-state index is 4.98. The van der Waals surface area contributed by atoms with Gasteiger partial charge in [-0.25, -0.2) is 0 Å². The van der Waals surface area contributed by atoms with Gasteiger partial charge < -0.3 is 0 Å². The van der Waals surface area contributed by atoms with Crippen molar-refractivity contribution >= 4 is 16.0 Å². The molecular weight excluding hydrogens is 241 g/mol. The Morgan fingerprint density at radius 2 is 2.43 bits per heavy atom. The van der Waals surface area contributed by atoms with E-state index in [-0.39, 0.29) is 0 Å². The van der Waals surface area contributed by atoms with Crippen LogP contribution in [0.2, 0.25) is 4.82 Å². The van der Waals surface area contributed by atoms with Gasteiger partial charge in [0, 0.05) is 0 Å². The zero-order chi connectivity index (χ0) is 10.6. The molecule has 0 amide bonds. The molecule has 1 rings (SSSR count). The molecule has 1 heterocycles. The zero-order valence-electron chi connectivity index (χ0n) is 9.04. The van der Waals surface area contributed by atoms with Gasteiger partial charge in [-0.15, -0.1) is 0 Å². The summed E-state index contributed by atoms with van der Waals surface area (Å²) in [5.74, 6) is 0. The molecule has 1 aliphatic rings. The van der Waals surface area contributed by atoms with E-state index < -0.39 is 0 Å². The van der Waals surface area contributed by atoms with Crippen molar-refractivity contribution in [3.63, 3.8) is 0 Å². The van der Waals surface area contributed by atoms with Gasteiger partial charge in [-0.3, -0.25) is 0 Å². The standard InChI is InChI=1S/C11H18NOSe/c1-8-10(5-4-6-13-3)7-11(12-8)9(2)14/h4-5,9,11-12H,6-7H2,1-3H3/b5-4+. The third-order valence-corrected chi connectivity index (χ3v) is 3.16. The number of rotatable bonds is 4. The van der Waals surface area contributed by atoms with Crippen molar-refractivity contribution in [3.05, 3.63) is 23.4 Å². The van der Waals surface area contributed by atoms with E-state index in [0.29, 0.717) is 17.5 Å². The predicted molar refractivity (Wildman–Crippen MR) is 60.4 cm³/mol. The van der Waals surface area contributed by atoms with Crippen molar-refractivity contribution in [2.75, 3.05) is 13.7 Å². The first-order valence-corrected chi connectivity index (χ1v) is 5.91. The maximum absolute atomic E-state index is 4.98. The van der Waals surface area contributed by atoms with Gasteiger partial charge in [0.15, 0.2) is 0 Å². The number of nitrogens with one attached hydrogen (secondary N) is 1. The molecule has 0 aliphatic carbocycles. The van der Waals surface area contributed by atoms with Gasteiger partial charge in [-0.1, -0.05) is 0 Å². The van der Waals surface area contributed by atoms with Crippen molar-refractivity contribution in [2.45, 2.75) is 31.1 Å². The van der Waals surface area contributed by atoms with Crippen LogP contribution < -0.4 is 5.32 Å². The number of methoxy groups -OCH3 is 1. The molecule has 0 saturated carbocycles. The molecule has 1 aliphatic heterocycles. The quantitative estimate of drug-likeness (QED) is 0.777. The fourth-order valence-corrected chi connectivity index (χ4v) is 1.92. The van der Waals surface area contributed by atoms with Crippen LogP contribution in [0.1, 0.15) is 20.3 Å². The fourth-order valence-electron chi connectivity index (χ4n) is 1.57. The summed E-state index contributed by atoms with van der Waals surface area (Å²) in [6.07, 6.45) is 5.33. The van der Waals surface area contributed by atoms with Gasteiger partial charge in [-0.05, 0) is 0 Å². The van der Waals surface area contributed by atoms with Crippen LogP contribution in [0, 0.1) is 0 Å². The van der Waals surface area contributed by atoms with Crippen LogP contribution in [0.5, 0.6) is 0 Å². The molecule has 2 unspecified atom stereocenters. The first-order chi connectivity index (χ1) is 6.65. The average molecular weight is 259 g/mol. The Bertz CT molecular complexity index is 246. The monoisotopic (exact) mass is 260 g/mol. The Labute approximate surface area is 94.6 Å². The molecule has 0 fully saturated rings. The molecule has 1 N–H and O–H groups in total. The second-order valence-corrected chi connectivity index (χ2v) is 5.23. The molecule has 0 bridgehead atoms. The molecular formula is C11H18NOSe. The van der Waals surface area contributed by atoms with E-state index in [0.717, 1.165) is 6.42 Å². The van der Waals surface area contributed by atoms with Crippen LogP contribution in [0.25, 0.3) is 0 Å². The van der Waals surface area contributed by atoms with Gasteiger partial charge in [-0.2, -0.15) is 0 Å². The van der Waals surface area contributed by atoms with Gasteiger partial charge in [0.25, 0.3) is 0 Å². The van der Waals surface area contributed by atoms with Crippen molar-refractivity contribution in [3.8, 4) is 0 Å². The summed E-state index contributed by atoms with van der Waals surface area (Å²) in [6.45, 7) is 5.02. The van der Waals surface area contributed by atoms with Crippen LogP contribution >= 0.6 is 0 Å². The van der Waals surface area contributed by atoms with Gasteiger partial charge in [0.05, 0.1) is 0 Å². The second-order valence-electron chi connectivity index (χ2n) is 3.67. The number of ether oxygens (including phenoxy) is 1. The summed E-state index contributed by atoms with van der Waals surface area (Å²) in [7, 11) is 1.71. The SMILES string of the molecule is COC/C=C/C1=C(C)NC(C(C)[Se])C1. The van der Waals surface area contributed by atoms with E-state index in [4.69, 9.17) is 4.74 Å². The molecule has 2 atom stereocenters. The number of allylic oxidation sites excluding steroid dienone is 2. The van der Waals surface area contributed by atoms with Gasteiger partial charge >= 0.3 is 94.3 Å². The predicted octanol–water partition coefficient (Wildman–Crippen LogP) is 1.80. The van der Waals surface area contributed by atoms with Crippen LogP contribution in [-0.4, -0.2) is 35.8 Å². The second kappa shape index (κ2) is 5.59. The Morgan fingerprint density at radius 3 is 2.93 bits per heavy atom. The minimum absolute atomic E-state index is 0.553. The van der Waals surface area contributed by atoms with Crippen LogP contribution in [0.3, 0.4) is 0 Å². The zero-order valence-corrected chi connectivity index (χ0v) is 10.8. The van der Waals surface area contributed by atoms with Crippen LogP contribution in [-0.2, 0) is 4.74 Å². The van der Waals surface area contributed by atoms with Crippen molar-refractivity contribution in [2.24, 2.45) is 0 Å². The Kier molecular flexibility index (Phi) is 4.73. The van der Waals surface area contributed by atoms with Gasteiger partial charge in [0.1, 0.15) is 0 Å². The van der Waals surface area contributed by atoms with E-state index in [1.54, 1.807) is 7.11 Å². The summed E-state index contributed by atoms with van der Waals surface area (Å²) >= 11 is 3.15. The van der Waals surface area contributed by atoms with Crippen molar-refractivity contribution in [1.82, 2.24) is 5.32 Å². The molecule has 3 heteroatoms. The summed E-state index contributed by atoms with van der Waals surface area (Å²) < 4.78 is 4.98. The Morgan fingerprint density at radius 1 is 1.71 bits per heavy atom. The van der Waals surface area contributed by atoms with E-state index in [2.05, 4.69) is 47.3 Å². The van der Waals surface area contributed by atoms with Crippen molar-refractivity contribution in [1.29, 1.82) is 0 Å². The fraction of sp³-hybridized carbons (Fsp3) is 0.636. The molecule has 1 radical (unpaired) electrons. The Balaban J connectivity index is 2.50. The molecule has 14 heavy (non-hydrogen) atoms. The van der Waals surface area contributed by atoms with E-state index in [9.17, 15) is 0 Å². The molecule has 0 aromatic carbocycles. The van der Waals surface area contributed by atoms with Gasteiger partial charge in [0.2, 0.25) is 0 Å². The molecule has 0 spiro atoms. The topological polar surface area (TPSA) is 21.3 Å². The number of hydrogen-bond acceptors (Lipinski definition) is 2. The summed E-state index contributed by atoms with van der Waals surface area (Å²) in [5, 5.41) is 3.49. The van der Waals surface area contributed by atoms with Crippen molar-refractivity contribution < 1.29 is 4.74 Å². The summed E-state index contributed by atoms with van der Waals surface area (Å²) in [5.41, 5.74) is 2.69. The van der Waals surface area contributed by atoms with E-state index >= 15 is 0 Å². The molecule has 79 valence electrons. The summed E-state index contributed by atoms with van der Waals surface area (Å²) in [4.78, 5) is 0.568. The average Bonchev–Trinajstić information content (AvgIpc) is 2.49. The van der Waals surface area contributed by atoms with Crippen LogP contribution in [0.4, 0.5) is 0 Å².